The first kappa shape index (κ1) is 15.9. The standard InChI is InChI=1S/C16H21N3O3S/c1-12-10-16(18-22-12)19-23(20,21)15-8-6-14(7-9-15)17-11-13-4-2-3-5-13/h6-10,13,17H,2-5,11H2,1H3,(H,18,19). The zero-order valence-corrected chi connectivity index (χ0v) is 13.9. The Bertz CT molecular complexity index is 747. The second kappa shape index (κ2) is 6.62. The Morgan fingerprint density at radius 1 is 1.22 bits per heavy atom. The van der Waals surface area contributed by atoms with Crippen LogP contribution in [0.4, 0.5) is 11.5 Å². The summed E-state index contributed by atoms with van der Waals surface area (Å²) in [7, 11) is -3.65. The maximum Gasteiger partial charge on any atom is 0.263 e. The summed E-state index contributed by atoms with van der Waals surface area (Å²) in [6, 6.07) is 8.29. The number of hydrogen-bond acceptors (Lipinski definition) is 5. The lowest BCUT2D eigenvalue weighted by Crippen LogP contribution is -2.14. The molecule has 0 amide bonds. The van der Waals surface area contributed by atoms with Gasteiger partial charge in [-0.3, -0.25) is 4.72 Å². The van der Waals surface area contributed by atoms with Crippen LogP contribution in [-0.4, -0.2) is 20.1 Å². The molecule has 6 nitrogen and oxygen atoms in total. The molecule has 0 unspecified atom stereocenters. The molecular formula is C16H21N3O3S. The number of nitrogens with one attached hydrogen (secondary N) is 2. The van der Waals surface area contributed by atoms with Gasteiger partial charge in [-0.25, -0.2) is 8.42 Å². The first-order chi connectivity index (χ1) is 11.0. The summed E-state index contributed by atoms with van der Waals surface area (Å²) >= 11 is 0. The molecule has 0 radical (unpaired) electrons. The van der Waals surface area contributed by atoms with Crippen LogP contribution in [0.2, 0.25) is 0 Å². The van der Waals surface area contributed by atoms with Crippen LogP contribution in [0.25, 0.3) is 0 Å². The van der Waals surface area contributed by atoms with Crippen molar-refractivity contribution in [1.82, 2.24) is 5.16 Å². The smallest absolute Gasteiger partial charge is 0.263 e. The predicted molar refractivity (Wildman–Crippen MR) is 88.9 cm³/mol. The molecule has 0 saturated heterocycles. The summed E-state index contributed by atoms with van der Waals surface area (Å²) in [4.78, 5) is 0.199. The fourth-order valence-electron chi connectivity index (χ4n) is 2.84. The highest BCUT2D eigenvalue weighted by molar-refractivity contribution is 7.92. The lowest BCUT2D eigenvalue weighted by atomic mass is 10.1. The Kier molecular flexibility index (Phi) is 4.56. The van der Waals surface area contributed by atoms with Gasteiger partial charge < -0.3 is 9.84 Å². The van der Waals surface area contributed by atoms with E-state index in [1.165, 1.54) is 31.7 Å². The van der Waals surface area contributed by atoms with Crippen molar-refractivity contribution >= 4 is 21.5 Å². The van der Waals surface area contributed by atoms with Crippen molar-refractivity contribution in [2.24, 2.45) is 5.92 Å². The fourth-order valence-corrected chi connectivity index (χ4v) is 3.82. The minimum Gasteiger partial charge on any atom is -0.385 e. The minimum atomic E-state index is -3.65. The summed E-state index contributed by atoms with van der Waals surface area (Å²) < 4.78 is 31.8. The second-order valence-corrected chi connectivity index (χ2v) is 7.67. The van der Waals surface area contributed by atoms with Crippen LogP contribution in [-0.2, 0) is 10.0 Å². The predicted octanol–water partition coefficient (Wildman–Crippen LogP) is 3.39. The van der Waals surface area contributed by atoms with E-state index in [9.17, 15) is 8.42 Å². The van der Waals surface area contributed by atoms with Crippen LogP contribution in [0.1, 0.15) is 31.4 Å². The highest BCUT2D eigenvalue weighted by atomic mass is 32.2. The summed E-state index contributed by atoms with van der Waals surface area (Å²) in [5.41, 5.74) is 0.938. The molecule has 0 spiro atoms. The molecule has 0 bridgehead atoms. The van der Waals surface area contributed by atoms with E-state index in [4.69, 9.17) is 4.52 Å². The van der Waals surface area contributed by atoms with Crippen LogP contribution in [0.5, 0.6) is 0 Å². The summed E-state index contributed by atoms with van der Waals surface area (Å²) in [5, 5.41) is 7.02. The number of sulfonamides is 1. The molecule has 1 aromatic carbocycles. The first-order valence-electron chi connectivity index (χ1n) is 7.83. The Labute approximate surface area is 136 Å². The maximum atomic E-state index is 12.3. The monoisotopic (exact) mass is 335 g/mol. The molecule has 1 aromatic heterocycles. The molecule has 124 valence electrons. The van der Waals surface area contributed by atoms with Gasteiger partial charge in [0.05, 0.1) is 4.90 Å². The minimum absolute atomic E-state index is 0.186. The molecule has 1 fully saturated rings. The average Bonchev–Trinajstić information content (AvgIpc) is 3.17. The maximum absolute atomic E-state index is 12.3. The topological polar surface area (TPSA) is 84.2 Å². The summed E-state index contributed by atoms with van der Waals surface area (Å²) in [6.07, 6.45) is 5.19. The summed E-state index contributed by atoms with van der Waals surface area (Å²) in [6.45, 7) is 2.65. The van der Waals surface area contributed by atoms with E-state index in [0.29, 0.717) is 5.76 Å². The Morgan fingerprint density at radius 2 is 1.91 bits per heavy atom. The second-order valence-electron chi connectivity index (χ2n) is 5.98. The Morgan fingerprint density at radius 3 is 2.52 bits per heavy atom. The van der Waals surface area contributed by atoms with Crippen LogP contribution in [0.3, 0.4) is 0 Å². The third-order valence-electron chi connectivity index (χ3n) is 4.10. The molecule has 7 heteroatoms. The Balaban J connectivity index is 1.63. The van der Waals surface area contributed by atoms with Crippen LogP contribution in [0, 0.1) is 12.8 Å². The van der Waals surface area contributed by atoms with Crippen molar-refractivity contribution < 1.29 is 12.9 Å². The SMILES string of the molecule is Cc1cc(NS(=O)(=O)c2ccc(NCC3CCCC3)cc2)no1. The number of aryl methyl sites for hydroxylation is 1. The molecule has 1 heterocycles. The fraction of sp³-hybridized carbons (Fsp3) is 0.438. The molecule has 0 atom stereocenters. The van der Waals surface area contributed by atoms with E-state index in [2.05, 4.69) is 15.2 Å². The molecule has 1 aliphatic carbocycles. The van der Waals surface area contributed by atoms with E-state index < -0.39 is 10.0 Å². The van der Waals surface area contributed by atoms with Gasteiger partial charge in [0, 0.05) is 18.3 Å². The average molecular weight is 335 g/mol. The quantitative estimate of drug-likeness (QED) is 0.845. The normalized spacial score (nSPS) is 15.7. The molecule has 1 saturated carbocycles. The van der Waals surface area contributed by atoms with Crippen LogP contribution in [0.15, 0.2) is 39.8 Å². The molecule has 3 rings (SSSR count). The molecule has 1 aliphatic rings. The van der Waals surface area contributed by atoms with E-state index in [0.717, 1.165) is 18.2 Å². The van der Waals surface area contributed by atoms with Gasteiger partial charge in [0.2, 0.25) is 0 Å². The number of hydrogen-bond donors (Lipinski definition) is 2. The van der Waals surface area contributed by atoms with E-state index in [1.807, 2.05) is 0 Å². The highest BCUT2D eigenvalue weighted by Crippen LogP contribution is 2.25. The van der Waals surface area contributed by atoms with Crippen LogP contribution < -0.4 is 10.0 Å². The van der Waals surface area contributed by atoms with Gasteiger partial charge in [0.15, 0.2) is 5.82 Å². The molecule has 0 aliphatic heterocycles. The molecule has 23 heavy (non-hydrogen) atoms. The van der Waals surface area contributed by atoms with Gasteiger partial charge in [-0.15, -0.1) is 0 Å². The van der Waals surface area contributed by atoms with Crippen molar-refractivity contribution in [3.63, 3.8) is 0 Å². The number of aromatic nitrogens is 1. The van der Waals surface area contributed by atoms with Gasteiger partial charge in [-0.1, -0.05) is 18.0 Å². The van der Waals surface area contributed by atoms with Crippen molar-refractivity contribution in [2.75, 3.05) is 16.6 Å². The number of nitrogens with zero attached hydrogens (tertiary/aromatic N) is 1. The Hall–Kier alpha value is -2.02. The lowest BCUT2D eigenvalue weighted by Gasteiger charge is -2.12. The zero-order valence-electron chi connectivity index (χ0n) is 13.1. The number of benzene rings is 1. The third-order valence-corrected chi connectivity index (χ3v) is 5.47. The molecule has 2 N–H and O–H groups in total. The molecular weight excluding hydrogens is 314 g/mol. The first-order valence-corrected chi connectivity index (χ1v) is 9.31. The lowest BCUT2D eigenvalue weighted by molar-refractivity contribution is 0.400. The number of rotatable bonds is 6. The van der Waals surface area contributed by atoms with Gasteiger partial charge in [-0.2, -0.15) is 0 Å². The van der Waals surface area contributed by atoms with Crippen molar-refractivity contribution in [3.8, 4) is 0 Å². The van der Waals surface area contributed by atoms with E-state index in [1.54, 1.807) is 31.2 Å². The largest absolute Gasteiger partial charge is 0.385 e. The van der Waals surface area contributed by atoms with E-state index >= 15 is 0 Å². The zero-order chi connectivity index (χ0) is 16.3. The molecule has 2 aromatic rings. The van der Waals surface area contributed by atoms with Crippen molar-refractivity contribution in [3.05, 3.63) is 36.1 Å². The van der Waals surface area contributed by atoms with Crippen molar-refractivity contribution in [1.29, 1.82) is 0 Å². The van der Waals surface area contributed by atoms with Crippen molar-refractivity contribution in [2.45, 2.75) is 37.5 Å². The third kappa shape index (κ3) is 4.04. The van der Waals surface area contributed by atoms with Gasteiger partial charge in [0.25, 0.3) is 10.0 Å². The highest BCUT2D eigenvalue weighted by Gasteiger charge is 2.17. The number of anilines is 2. The van der Waals surface area contributed by atoms with Crippen LogP contribution >= 0.6 is 0 Å². The van der Waals surface area contributed by atoms with Gasteiger partial charge in [0.1, 0.15) is 5.76 Å². The van der Waals surface area contributed by atoms with Gasteiger partial charge >= 0.3 is 0 Å². The summed E-state index contributed by atoms with van der Waals surface area (Å²) in [5.74, 6) is 1.47. The van der Waals surface area contributed by atoms with Gasteiger partial charge in [-0.05, 0) is 49.9 Å². The van der Waals surface area contributed by atoms with E-state index in [-0.39, 0.29) is 10.7 Å².